The van der Waals surface area contributed by atoms with Gasteiger partial charge in [0.15, 0.2) is 4.90 Å². The van der Waals surface area contributed by atoms with E-state index in [4.69, 9.17) is 11.1 Å². The smallest absolute Gasteiger partial charge is 0.246 e. The quantitative estimate of drug-likeness (QED) is 0.416. The molecule has 0 aliphatic rings. The van der Waals surface area contributed by atoms with Gasteiger partial charge < -0.3 is 5.73 Å². The Bertz CT molecular complexity index is 567. The highest BCUT2D eigenvalue weighted by molar-refractivity contribution is 7.89. The van der Waals surface area contributed by atoms with Gasteiger partial charge in [0.1, 0.15) is 17.5 Å². The zero-order chi connectivity index (χ0) is 14.6. The third kappa shape index (κ3) is 4.21. The van der Waals surface area contributed by atoms with Crippen LogP contribution in [-0.4, -0.2) is 20.8 Å². The summed E-state index contributed by atoms with van der Waals surface area (Å²) in [4.78, 5) is -1.23. The van der Waals surface area contributed by atoms with Crippen LogP contribution in [0.15, 0.2) is 17.0 Å². The minimum absolute atomic E-state index is 0.127. The molecule has 0 heterocycles. The first-order valence-electron chi connectivity index (χ1n) is 5.21. The van der Waals surface area contributed by atoms with E-state index in [1.54, 1.807) is 0 Å². The van der Waals surface area contributed by atoms with Crippen LogP contribution in [0.4, 0.5) is 13.2 Å². The molecular weight excluding hydrogens is 283 g/mol. The fraction of sp³-hybridized carbons (Fsp3) is 0.300. The molecule has 19 heavy (non-hydrogen) atoms. The summed E-state index contributed by atoms with van der Waals surface area (Å²) < 4.78 is 64.5. The zero-order valence-electron chi connectivity index (χ0n) is 9.71. The van der Waals surface area contributed by atoms with Crippen molar-refractivity contribution >= 4 is 15.9 Å². The fourth-order valence-corrected chi connectivity index (χ4v) is 2.53. The summed E-state index contributed by atoms with van der Waals surface area (Å²) >= 11 is 0. The minimum atomic E-state index is -4.41. The van der Waals surface area contributed by atoms with Gasteiger partial charge in [0.2, 0.25) is 10.0 Å². The van der Waals surface area contributed by atoms with E-state index in [0.717, 1.165) is 0 Å². The standard InChI is InChI=1S/C10H12F3N3O2S/c11-6-4-7(12)10(8(13)5-6)19(17,18)16-3-1-2-9(14)15/h4-5,16H,1-3H2,(H3,14,15). The number of nitrogens with one attached hydrogen (secondary N) is 2. The van der Waals surface area contributed by atoms with Crippen LogP contribution >= 0.6 is 0 Å². The van der Waals surface area contributed by atoms with Crippen molar-refractivity contribution in [2.75, 3.05) is 6.54 Å². The molecule has 1 aromatic carbocycles. The average molecular weight is 295 g/mol. The molecule has 4 N–H and O–H groups in total. The van der Waals surface area contributed by atoms with E-state index < -0.39 is 32.4 Å². The second kappa shape index (κ2) is 6.02. The number of hydrogen-bond acceptors (Lipinski definition) is 3. The Morgan fingerprint density at radius 3 is 2.26 bits per heavy atom. The lowest BCUT2D eigenvalue weighted by Crippen LogP contribution is -2.27. The highest BCUT2D eigenvalue weighted by Crippen LogP contribution is 2.19. The van der Waals surface area contributed by atoms with Gasteiger partial charge in [-0.25, -0.2) is 26.3 Å². The summed E-state index contributed by atoms with van der Waals surface area (Å²) in [7, 11) is -4.41. The molecule has 0 amide bonds. The molecule has 106 valence electrons. The van der Waals surface area contributed by atoms with Crippen molar-refractivity contribution in [3.05, 3.63) is 29.6 Å². The number of rotatable bonds is 6. The summed E-state index contributed by atoms with van der Waals surface area (Å²) in [6, 6.07) is 0.570. The van der Waals surface area contributed by atoms with Crippen LogP contribution in [0.25, 0.3) is 0 Å². The predicted molar refractivity (Wildman–Crippen MR) is 62.7 cm³/mol. The summed E-state index contributed by atoms with van der Waals surface area (Å²) in [5.74, 6) is -4.34. The van der Waals surface area contributed by atoms with E-state index in [1.807, 2.05) is 4.72 Å². The van der Waals surface area contributed by atoms with Gasteiger partial charge >= 0.3 is 0 Å². The first kappa shape index (κ1) is 15.4. The van der Waals surface area contributed by atoms with E-state index in [0.29, 0.717) is 0 Å². The van der Waals surface area contributed by atoms with Crippen molar-refractivity contribution in [3.63, 3.8) is 0 Å². The largest absolute Gasteiger partial charge is 0.388 e. The molecular formula is C10H12F3N3O2S. The molecule has 1 aromatic rings. The number of nitrogens with two attached hydrogens (primary N) is 1. The van der Waals surface area contributed by atoms with Crippen LogP contribution in [0.5, 0.6) is 0 Å². The van der Waals surface area contributed by atoms with Crippen molar-refractivity contribution in [1.82, 2.24) is 4.72 Å². The Hall–Kier alpha value is -1.61. The molecule has 0 fully saturated rings. The fourth-order valence-electron chi connectivity index (χ4n) is 1.34. The molecule has 5 nitrogen and oxygen atoms in total. The third-order valence-electron chi connectivity index (χ3n) is 2.15. The lowest BCUT2D eigenvalue weighted by Gasteiger charge is -2.08. The third-order valence-corrected chi connectivity index (χ3v) is 3.66. The second-order valence-electron chi connectivity index (χ2n) is 3.73. The van der Waals surface area contributed by atoms with Gasteiger partial charge in [-0.1, -0.05) is 0 Å². The second-order valence-corrected chi connectivity index (χ2v) is 5.43. The van der Waals surface area contributed by atoms with Crippen molar-refractivity contribution in [1.29, 1.82) is 5.41 Å². The maximum absolute atomic E-state index is 13.3. The monoisotopic (exact) mass is 295 g/mol. The van der Waals surface area contributed by atoms with Crippen LogP contribution in [0.3, 0.4) is 0 Å². The highest BCUT2D eigenvalue weighted by atomic mass is 32.2. The van der Waals surface area contributed by atoms with Crippen molar-refractivity contribution < 1.29 is 21.6 Å². The molecule has 0 radical (unpaired) electrons. The summed E-state index contributed by atoms with van der Waals surface area (Å²) in [6.45, 7) is -0.141. The van der Waals surface area contributed by atoms with E-state index in [2.05, 4.69) is 0 Å². The van der Waals surface area contributed by atoms with Crippen molar-refractivity contribution in [2.45, 2.75) is 17.7 Å². The first-order chi connectivity index (χ1) is 8.74. The molecule has 0 spiro atoms. The molecule has 0 atom stereocenters. The average Bonchev–Trinajstić information content (AvgIpc) is 2.22. The normalized spacial score (nSPS) is 11.5. The van der Waals surface area contributed by atoms with Crippen LogP contribution in [0, 0.1) is 22.9 Å². The van der Waals surface area contributed by atoms with E-state index >= 15 is 0 Å². The number of sulfonamides is 1. The molecule has 9 heteroatoms. The minimum Gasteiger partial charge on any atom is -0.388 e. The highest BCUT2D eigenvalue weighted by Gasteiger charge is 2.24. The molecule has 0 aliphatic heterocycles. The number of amidine groups is 1. The maximum Gasteiger partial charge on any atom is 0.246 e. The van der Waals surface area contributed by atoms with Gasteiger partial charge in [0.25, 0.3) is 0 Å². The first-order valence-corrected chi connectivity index (χ1v) is 6.69. The molecule has 0 bridgehead atoms. The van der Waals surface area contributed by atoms with Crippen LogP contribution in [-0.2, 0) is 10.0 Å². The van der Waals surface area contributed by atoms with Gasteiger partial charge in [-0.05, 0) is 6.42 Å². The maximum atomic E-state index is 13.3. The summed E-state index contributed by atoms with van der Waals surface area (Å²) in [5, 5.41) is 6.92. The van der Waals surface area contributed by atoms with Crippen LogP contribution in [0.1, 0.15) is 12.8 Å². The Balaban J connectivity index is 2.86. The molecule has 0 aliphatic carbocycles. The van der Waals surface area contributed by atoms with E-state index in [-0.39, 0.29) is 37.4 Å². The number of benzene rings is 1. The lowest BCUT2D eigenvalue weighted by molar-refractivity contribution is 0.493. The Kier molecular flexibility index (Phi) is 4.90. The molecule has 0 saturated carbocycles. The Morgan fingerprint density at radius 1 is 1.26 bits per heavy atom. The van der Waals surface area contributed by atoms with Crippen LogP contribution in [0.2, 0.25) is 0 Å². The van der Waals surface area contributed by atoms with Crippen LogP contribution < -0.4 is 10.5 Å². The van der Waals surface area contributed by atoms with E-state index in [9.17, 15) is 21.6 Å². The van der Waals surface area contributed by atoms with Gasteiger partial charge in [-0.15, -0.1) is 0 Å². The molecule has 0 aromatic heterocycles. The number of halogens is 3. The van der Waals surface area contributed by atoms with Gasteiger partial charge in [-0.3, -0.25) is 5.41 Å². The van der Waals surface area contributed by atoms with Crippen molar-refractivity contribution in [2.24, 2.45) is 5.73 Å². The molecule has 0 saturated heterocycles. The zero-order valence-corrected chi connectivity index (χ0v) is 10.5. The SMILES string of the molecule is N=C(N)CCCNS(=O)(=O)c1c(F)cc(F)cc1F. The molecule has 0 unspecified atom stereocenters. The number of hydrogen-bond donors (Lipinski definition) is 3. The lowest BCUT2D eigenvalue weighted by atomic mass is 10.3. The molecule has 1 rings (SSSR count). The van der Waals surface area contributed by atoms with Crippen molar-refractivity contribution in [3.8, 4) is 0 Å². The Morgan fingerprint density at radius 2 is 1.79 bits per heavy atom. The van der Waals surface area contributed by atoms with Gasteiger partial charge in [0, 0.05) is 25.1 Å². The van der Waals surface area contributed by atoms with E-state index in [1.165, 1.54) is 0 Å². The summed E-state index contributed by atoms with van der Waals surface area (Å²) in [5.41, 5.74) is 5.06. The van der Waals surface area contributed by atoms with Gasteiger partial charge in [-0.2, -0.15) is 0 Å². The summed E-state index contributed by atoms with van der Waals surface area (Å²) in [6.07, 6.45) is 0.357. The van der Waals surface area contributed by atoms with Gasteiger partial charge in [0.05, 0.1) is 5.84 Å². The Labute approximate surface area is 108 Å². The predicted octanol–water partition coefficient (Wildman–Crippen LogP) is 1.10. The topological polar surface area (TPSA) is 96.0 Å².